The summed E-state index contributed by atoms with van der Waals surface area (Å²) in [4.78, 5) is 31.3. The van der Waals surface area contributed by atoms with Crippen LogP contribution in [0.1, 0.15) is 0 Å². The smallest absolute Gasteiger partial charge is 0.336 e. The van der Waals surface area contributed by atoms with Gasteiger partial charge in [-0.2, -0.15) is 0 Å². The number of carbonyl (C=O) groups is 1. The molecule has 32 heavy (non-hydrogen) atoms. The summed E-state index contributed by atoms with van der Waals surface area (Å²) < 4.78 is 15.5. The molecular weight excluding hydrogens is 414 g/mol. The van der Waals surface area contributed by atoms with Gasteiger partial charge in [-0.05, 0) is 23.8 Å². The van der Waals surface area contributed by atoms with Crippen LogP contribution in [0.5, 0.6) is 11.8 Å². The maximum atomic E-state index is 13.3. The van der Waals surface area contributed by atoms with Crippen LogP contribution < -0.4 is 20.5 Å². The van der Waals surface area contributed by atoms with E-state index >= 15 is 0 Å². The average molecular weight is 439 g/mol. The van der Waals surface area contributed by atoms with Crippen LogP contribution in [0.15, 0.2) is 36.0 Å². The van der Waals surface area contributed by atoms with Crippen LogP contribution >= 0.6 is 0 Å². The van der Waals surface area contributed by atoms with E-state index in [-0.39, 0.29) is 11.6 Å². The summed E-state index contributed by atoms with van der Waals surface area (Å²) in [5.74, 6) is 1.91. The van der Waals surface area contributed by atoms with Crippen molar-refractivity contribution >= 4 is 22.9 Å². The first-order valence-electron chi connectivity index (χ1n) is 10.4. The Bertz CT molecular complexity index is 1260. The van der Waals surface area contributed by atoms with E-state index in [1.54, 1.807) is 35.8 Å². The van der Waals surface area contributed by atoms with Gasteiger partial charge in [-0.3, -0.25) is 14.0 Å². The fraction of sp³-hybridized carbons (Fsp3) is 0.429. The Morgan fingerprint density at radius 3 is 2.66 bits per heavy atom. The molecule has 1 N–H and O–H groups in total. The number of anilines is 2. The molecule has 1 saturated carbocycles. The standard InChI is InChI=1S/C21H25N7O4/c1-5-17(29)26-7-12-13(8-26)14(12)9-27-11-15(23-16-10-25(2)24-20(16)32-4)19-22-6-18(31-3)28(19)21(27)30/h5-6,10-14,23H,1,7-9H2,2-4H3/t12-,13?,14?/m1/s1. The van der Waals surface area contributed by atoms with Crippen molar-refractivity contribution in [3.8, 4) is 11.8 Å². The fourth-order valence-corrected chi connectivity index (χ4v) is 4.78. The SMILES string of the molecule is C=CC(=O)N1CC2C(Cn3cc(Nc4cn(C)nc4OC)c4ncc(OC)n4c3=O)[C@@H]2C1. The molecule has 2 fully saturated rings. The molecule has 1 saturated heterocycles. The highest BCUT2D eigenvalue weighted by molar-refractivity contribution is 5.87. The van der Waals surface area contributed by atoms with E-state index in [0.29, 0.717) is 66.2 Å². The summed E-state index contributed by atoms with van der Waals surface area (Å²) in [6.07, 6.45) is 6.45. The van der Waals surface area contributed by atoms with E-state index in [2.05, 4.69) is 22.0 Å². The second-order valence-electron chi connectivity index (χ2n) is 8.23. The lowest BCUT2D eigenvalue weighted by Gasteiger charge is -2.19. The zero-order valence-electron chi connectivity index (χ0n) is 18.2. The van der Waals surface area contributed by atoms with Gasteiger partial charge in [0.2, 0.25) is 11.8 Å². The Kier molecular flexibility index (Phi) is 4.68. The molecule has 3 aromatic heterocycles. The van der Waals surface area contributed by atoms with E-state index in [1.807, 2.05) is 4.90 Å². The molecule has 2 aliphatic rings. The van der Waals surface area contributed by atoms with E-state index in [1.165, 1.54) is 23.8 Å². The van der Waals surface area contributed by atoms with Crippen molar-refractivity contribution in [3.63, 3.8) is 0 Å². The number of nitrogens with zero attached hydrogens (tertiary/aromatic N) is 6. The van der Waals surface area contributed by atoms with Gasteiger partial charge >= 0.3 is 5.69 Å². The summed E-state index contributed by atoms with van der Waals surface area (Å²) in [6, 6.07) is 0. The van der Waals surface area contributed by atoms with E-state index in [0.717, 1.165) is 0 Å². The molecule has 0 spiro atoms. The third-order valence-electron chi connectivity index (χ3n) is 6.42. The molecule has 2 unspecified atom stereocenters. The number of hydrogen-bond donors (Lipinski definition) is 1. The second-order valence-corrected chi connectivity index (χ2v) is 8.23. The summed E-state index contributed by atoms with van der Waals surface area (Å²) in [6.45, 7) is 5.54. The maximum absolute atomic E-state index is 13.3. The van der Waals surface area contributed by atoms with Gasteiger partial charge in [-0.1, -0.05) is 6.58 Å². The first-order valence-corrected chi connectivity index (χ1v) is 10.4. The van der Waals surface area contributed by atoms with Crippen LogP contribution in [0.25, 0.3) is 5.65 Å². The monoisotopic (exact) mass is 439 g/mol. The van der Waals surface area contributed by atoms with Gasteiger partial charge in [0, 0.05) is 32.9 Å². The number of imidazole rings is 1. The summed E-state index contributed by atoms with van der Waals surface area (Å²) >= 11 is 0. The predicted molar refractivity (Wildman–Crippen MR) is 116 cm³/mol. The Morgan fingerprint density at radius 1 is 1.25 bits per heavy atom. The molecular formula is C21H25N7O4. The summed E-state index contributed by atoms with van der Waals surface area (Å²) in [7, 11) is 4.86. The third kappa shape index (κ3) is 3.12. The van der Waals surface area contributed by atoms with Crippen molar-refractivity contribution in [1.29, 1.82) is 0 Å². The Morgan fingerprint density at radius 2 is 2.00 bits per heavy atom. The van der Waals surface area contributed by atoms with Crippen molar-refractivity contribution in [3.05, 3.63) is 41.7 Å². The number of methoxy groups -OCH3 is 2. The molecule has 11 nitrogen and oxygen atoms in total. The highest BCUT2D eigenvalue weighted by Gasteiger charge is 2.56. The number of fused-ring (bicyclic) bond motifs is 2. The molecule has 3 aromatic rings. The molecule has 0 radical (unpaired) electrons. The molecule has 4 heterocycles. The fourth-order valence-electron chi connectivity index (χ4n) is 4.78. The van der Waals surface area contributed by atoms with E-state index in [4.69, 9.17) is 9.47 Å². The first kappa shape index (κ1) is 20.2. The molecule has 1 aliphatic carbocycles. The quantitative estimate of drug-likeness (QED) is 0.545. The number of ether oxygens (including phenoxy) is 2. The number of hydrogen-bond acceptors (Lipinski definition) is 7. The molecule has 11 heteroatoms. The van der Waals surface area contributed by atoms with Crippen molar-refractivity contribution < 1.29 is 14.3 Å². The molecule has 0 aromatic carbocycles. The lowest BCUT2D eigenvalue weighted by molar-refractivity contribution is -0.125. The molecule has 3 atom stereocenters. The van der Waals surface area contributed by atoms with Gasteiger partial charge in [-0.15, -0.1) is 5.10 Å². The van der Waals surface area contributed by atoms with Crippen LogP contribution in [0.3, 0.4) is 0 Å². The number of amides is 1. The van der Waals surface area contributed by atoms with Crippen molar-refractivity contribution in [2.24, 2.45) is 24.8 Å². The number of carbonyl (C=O) groups excluding carboxylic acids is 1. The zero-order chi connectivity index (χ0) is 22.6. The molecule has 1 amide bonds. The minimum absolute atomic E-state index is 0.0328. The topological polar surface area (TPSA) is 108 Å². The van der Waals surface area contributed by atoms with Crippen molar-refractivity contribution in [1.82, 2.24) is 28.6 Å². The predicted octanol–water partition coefficient (Wildman–Crippen LogP) is 0.881. The second kappa shape index (κ2) is 7.43. The van der Waals surface area contributed by atoms with Gasteiger partial charge in [0.05, 0.1) is 32.3 Å². The summed E-state index contributed by atoms with van der Waals surface area (Å²) in [5, 5.41) is 7.56. The van der Waals surface area contributed by atoms with Crippen LogP contribution in [-0.4, -0.2) is 61.8 Å². The van der Waals surface area contributed by atoms with Gasteiger partial charge in [0.15, 0.2) is 5.65 Å². The van der Waals surface area contributed by atoms with Gasteiger partial charge in [-0.25, -0.2) is 14.2 Å². The highest BCUT2D eigenvalue weighted by Crippen LogP contribution is 2.52. The van der Waals surface area contributed by atoms with Crippen LogP contribution in [0, 0.1) is 17.8 Å². The zero-order valence-corrected chi connectivity index (χ0v) is 18.2. The number of rotatable bonds is 7. The Balaban J connectivity index is 1.47. The highest BCUT2D eigenvalue weighted by atomic mass is 16.5. The minimum atomic E-state index is -0.220. The van der Waals surface area contributed by atoms with Gasteiger partial charge in [0.25, 0.3) is 5.88 Å². The number of likely N-dealkylation sites (tertiary alicyclic amines) is 1. The summed E-state index contributed by atoms with van der Waals surface area (Å²) in [5.41, 5.74) is 1.52. The van der Waals surface area contributed by atoms with Crippen molar-refractivity contribution in [2.45, 2.75) is 6.54 Å². The Hall–Kier alpha value is -3.76. The maximum Gasteiger partial charge on any atom is 0.336 e. The lowest BCUT2D eigenvalue weighted by atomic mass is 10.2. The van der Waals surface area contributed by atoms with E-state index < -0.39 is 0 Å². The number of aryl methyl sites for hydroxylation is 1. The Labute approximate surface area is 183 Å². The molecule has 5 rings (SSSR count). The van der Waals surface area contributed by atoms with Crippen LogP contribution in [0.4, 0.5) is 11.4 Å². The molecule has 168 valence electrons. The van der Waals surface area contributed by atoms with Gasteiger partial charge < -0.3 is 19.7 Å². The minimum Gasteiger partial charge on any atom is -0.481 e. The van der Waals surface area contributed by atoms with E-state index in [9.17, 15) is 9.59 Å². The lowest BCUT2D eigenvalue weighted by Crippen LogP contribution is -2.32. The number of aromatic nitrogens is 5. The largest absolute Gasteiger partial charge is 0.481 e. The van der Waals surface area contributed by atoms with Crippen LogP contribution in [-0.2, 0) is 18.4 Å². The first-order chi connectivity index (χ1) is 15.4. The molecule has 1 aliphatic heterocycles. The average Bonchev–Trinajstić information content (AvgIpc) is 3.22. The van der Waals surface area contributed by atoms with Crippen LogP contribution in [0.2, 0.25) is 0 Å². The van der Waals surface area contributed by atoms with Crippen molar-refractivity contribution in [2.75, 3.05) is 32.6 Å². The number of nitrogens with one attached hydrogen (secondary N) is 1. The van der Waals surface area contributed by atoms with Gasteiger partial charge in [0.1, 0.15) is 5.69 Å². The third-order valence-corrected chi connectivity index (χ3v) is 6.42. The number of piperidine rings is 1. The molecule has 0 bridgehead atoms. The normalized spacial score (nSPS) is 21.5.